The van der Waals surface area contributed by atoms with E-state index in [-0.39, 0.29) is 29.0 Å². The molecule has 2 heterocycles. The molecule has 8 heteroatoms. The molecule has 208 valence electrons. The third-order valence-electron chi connectivity index (χ3n) is 7.85. The van der Waals surface area contributed by atoms with E-state index in [9.17, 15) is 13.2 Å². The number of sulfone groups is 1. The Balaban J connectivity index is 1.46. The lowest BCUT2D eigenvalue weighted by atomic mass is 9.95. The lowest BCUT2D eigenvalue weighted by Gasteiger charge is -2.30. The minimum Gasteiger partial charge on any atom is -0.376 e. The number of aromatic nitrogens is 2. The maximum atomic E-state index is 13.7. The lowest BCUT2D eigenvalue weighted by molar-refractivity contribution is -0.132. The number of rotatable bonds is 10. The van der Waals surface area contributed by atoms with Gasteiger partial charge in [0.25, 0.3) is 0 Å². The van der Waals surface area contributed by atoms with Crippen LogP contribution in [0.4, 0.5) is 0 Å². The maximum absolute atomic E-state index is 13.7. The van der Waals surface area contributed by atoms with E-state index in [1.165, 1.54) is 0 Å². The van der Waals surface area contributed by atoms with Crippen LogP contribution in [-0.2, 0) is 38.1 Å². The van der Waals surface area contributed by atoms with Crippen LogP contribution in [0.2, 0.25) is 0 Å². The molecule has 3 aromatic rings. The average molecular weight is 550 g/mol. The van der Waals surface area contributed by atoms with Crippen LogP contribution in [0.1, 0.15) is 73.4 Å². The van der Waals surface area contributed by atoms with E-state index < -0.39 is 9.84 Å². The first-order valence-corrected chi connectivity index (χ1v) is 15.8. The van der Waals surface area contributed by atoms with Gasteiger partial charge >= 0.3 is 0 Å². The van der Waals surface area contributed by atoms with Crippen molar-refractivity contribution in [1.29, 1.82) is 0 Å². The van der Waals surface area contributed by atoms with Gasteiger partial charge in [-0.15, -0.1) is 0 Å². The number of imidazole rings is 1. The predicted octanol–water partition coefficient (Wildman–Crippen LogP) is 5.42. The molecule has 1 amide bonds. The Kier molecular flexibility index (Phi) is 8.82. The smallest absolute Gasteiger partial charge is 0.228 e. The van der Waals surface area contributed by atoms with Crippen molar-refractivity contribution in [3.8, 4) is 0 Å². The van der Waals surface area contributed by atoms with E-state index in [0.29, 0.717) is 26.1 Å². The molecule has 7 nitrogen and oxygen atoms in total. The van der Waals surface area contributed by atoms with Crippen molar-refractivity contribution in [1.82, 2.24) is 14.5 Å². The highest BCUT2D eigenvalue weighted by atomic mass is 32.2. The Morgan fingerprint density at radius 2 is 1.77 bits per heavy atom. The molecule has 2 aliphatic rings. The van der Waals surface area contributed by atoms with Gasteiger partial charge in [0.05, 0.1) is 36.7 Å². The van der Waals surface area contributed by atoms with Crippen molar-refractivity contribution in [2.45, 2.75) is 87.9 Å². The first kappa shape index (κ1) is 27.6. The number of hydrogen-bond donors (Lipinski definition) is 0. The van der Waals surface area contributed by atoms with Gasteiger partial charge in [0.15, 0.2) is 0 Å². The number of carbonyl (C=O) groups excluding carboxylic acids is 1. The minimum absolute atomic E-state index is 0.000277. The van der Waals surface area contributed by atoms with E-state index >= 15 is 0 Å². The van der Waals surface area contributed by atoms with Crippen molar-refractivity contribution in [3.05, 3.63) is 83.2 Å². The van der Waals surface area contributed by atoms with Crippen molar-refractivity contribution in [3.63, 3.8) is 0 Å². The monoisotopic (exact) mass is 549 g/mol. The molecule has 2 fully saturated rings. The van der Waals surface area contributed by atoms with Gasteiger partial charge < -0.3 is 14.2 Å². The number of carbonyl (C=O) groups is 1. The predicted molar refractivity (Wildman–Crippen MR) is 151 cm³/mol. The zero-order chi connectivity index (χ0) is 27.2. The van der Waals surface area contributed by atoms with Crippen molar-refractivity contribution in [2.24, 2.45) is 0 Å². The summed E-state index contributed by atoms with van der Waals surface area (Å²) in [6.07, 6.45) is 9.00. The van der Waals surface area contributed by atoms with Gasteiger partial charge in [-0.1, -0.05) is 79.4 Å². The van der Waals surface area contributed by atoms with E-state index in [1.54, 1.807) is 6.20 Å². The summed E-state index contributed by atoms with van der Waals surface area (Å²) in [5.74, 6) is -0.0815. The topological polar surface area (TPSA) is 81.5 Å². The highest BCUT2D eigenvalue weighted by Gasteiger charge is 2.31. The van der Waals surface area contributed by atoms with Crippen molar-refractivity contribution < 1.29 is 17.9 Å². The van der Waals surface area contributed by atoms with E-state index in [2.05, 4.69) is 4.98 Å². The van der Waals surface area contributed by atoms with Crippen LogP contribution in [0.15, 0.2) is 66.0 Å². The summed E-state index contributed by atoms with van der Waals surface area (Å²) in [6.45, 7) is 3.49. The molecule has 0 unspecified atom stereocenters. The molecule has 1 aliphatic heterocycles. The lowest BCUT2D eigenvalue weighted by Crippen LogP contribution is -2.38. The largest absolute Gasteiger partial charge is 0.376 e. The second-order valence-corrected chi connectivity index (χ2v) is 12.9. The van der Waals surface area contributed by atoms with Crippen LogP contribution in [0.25, 0.3) is 0 Å². The molecular formula is C31H39N3O4S. The Bertz CT molecular complexity index is 1360. The summed E-state index contributed by atoms with van der Waals surface area (Å²) < 4.78 is 35.3. The Labute approximate surface area is 232 Å². The molecule has 1 aliphatic carbocycles. The number of aryl methyl sites for hydroxylation is 1. The van der Waals surface area contributed by atoms with E-state index in [1.807, 2.05) is 71.0 Å². The van der Waals surface area contributed by atoms with Crippen LogP contribution in [-0.4, -0.2) is 48.0 Å². The van der Waals surface area contributed by atoms with Gasteiger partial charge in [0, 0.05) is 19.2 Å². The normalized spacial score (nSPS) is 18.3. The SMILES string of the molecule is Cc1cccc(CS(=O)(=O)c2ncc(CN(C[C@H]3CCCO3)C(=O)Cc3ccccc3)n2C2CCCCC2)c1. The molecule has 5 rings (SSSR count). The Morgan fingerprint density at radius 1 is 1.00 bits per heavy atom. The fraction of sp³-hybridized carbons (Fsp3) is 0.484. The highest BCUT2D eigenvalue weighted by molar-refractivity contribution is 7.90. The second kappa shape index (κ2) is 12.5. The minimum atomic E-state index is -3.69. The first-order chi connectivity index (χ1) is 18.9. The van der Waals surface area contributed by atoms with Gasteiger partial charge in [-0.25, -0.2) is 13.4 Å². The first-order valence-electron chi connectivity index (χ1n) is 14.2. The van der Waals surface area contributed by atoms with Gasteiger partial charge in [-0.05, 0) is 43.7 Å². The summed E-state index contributed by atoms with van der Waals surface area (Å²) >= 11 is 0. The fourth-order valence-electron chi connectivity index (χ4n) is 5.91. The molecule has 2 aromatic carbocycles. The highest BCUT2D eigenvalue weighted by Crippen LogP contribution is 2.33. The van der Waals surface area contributed by atoms with Crippen LogP contribution >= 0.6 is 0 Å². The van der Waals surface area contributed by atoms with E-state index in [0.717, 1.165) is 67.3 Å². The molecule has 1 saturated heterocycles. The standard InChI is InChI=1S/C31H39N3O4S/c1-24-10-8-13-26(18-24)23-39(36,37)31-32-20-28(34(31)27-14-6-3-7-15-27)21-33(22-29-16-9-17-38-29)30(35)19-25-11-4-2-5-12-25/h2,4-5,8,10-13,18,20,27,29H,3,6-7,9,14-17,19,21-23H2,1H3/t29-/m1/s1. The molecule has 1 aromatic heterocycles. The van der Waals surface area contributed by atoms with E-state index in [4.69, 9.17) is 4.74 Å². The summed E-state index contributed by atoms with van der Waals surface area (Å²) in [6, 6.07) is 17.4. The fourth-order valence-corrected chi connectivity index (χ4v) is 7.43. The molecule has 0 radical (unpaired) electrons. The second-order valence-electron chi connectivity index (χ2n) is 11.0. The molecule has 1 saturated carbocycles. The zero-order valence-electron chi connectivity index (χ0n) is 22.8. The molecule has 39 heavy (non-hydrogen) atoms. The molecular weight excluding hydrogens is 510 g/mol. The van der Waals surface area contributed by atoms with Crippen molar-refractivity contribution in [2.75, 3.05) is 13.2 Å². The number of nitrogens with zero attached hydrogens (tertiary/aromatic N) is 3. The summed E-state index contributed by atoms with van der Waals surface area (Å²) in [5.41, 5.74) is 3.53. The third kappa shape index (κ3) is 6.97. The Hall–Kier alpha value is -2.97. The summed E-state index contributed by atoms with van der Waals surface area (Å²) in [7, 11) is -3.69. The van der Waals surface area contributed by atoms with Crippen LogP contribution < -0.4 is 0 Å². The zero-order valence-corrected chi connectivity index (χ0v) is 23.6. The van der Waals surface area contributed by atoms with Gasteiger partial charge in [-0.3, -0.25) is 4.79 Å². The number of ether oxygens (including phenoxy) is 1. The summed E-state index contributed by atoms with van der Waals surface area (Å²) in [5, 5.41) is 0.124. The van der Waals surface area contributed by atoms with Gasteiger partial charge in [0.1, 0.15) is 0 Å². The van der Waals surface area contributed by atoms with Gasteiger partial charge in [-0.2, -0.15) is 0 Å². The van der Waals surface area contributed by atoms with Crippen LogP contribution in [0.3, 0.4) is 0 Å². The molecule has 1 atom stereocenters. The third-order valence-corrected chi connectivity index (χ3v) is 9.42. The number of benzene rings is 2. The summed E-state index contributed by atoms with van der Waals surface area (Å²) in [4.78, 5) is 20.0. The molecule has 0 N–H and O–H groups in total. The molecule has 0 bridgehead atoms. The molecule has 0 spiro atoms. The van der Waals surface area contributed by atoms with Crippen LogP contribution in [0.5, 0.6) is 0 Å². The number of hydrogen-bond acceptors (Lipinski definition) is 5. The Morgan fingerprint density at radius 3 is 2.49 bits per heavy atom. The van der Waals surface area contributed by atoms with Gasteiger partial charge in [0.2, 0.25) is 20.9 Å². The maximum Gasteiger partial charge on any atom is 0.228 e. The number of amides is 1. The average Bonchev–Trinajstić information content (AvgIpc) is 3.60. The van der Waals surface area contributed by atoms with Crippen molar-refractivity contribution >= 4 is 15.7 Å². The van der Waals surface area contributed by atoms with Crippen LogP contribution in [0, 0.1) is 6.92 Å². The quantitative estimate of drug-likeness (QED) is 0.337.